The summed E-state index contributed by atoms with van der Waals surface area (Å²) in [5.41, 5.74) is 7.42. The Morgan fingerprint density at radius 3 is 2.83 bits per heavy atom. The highest BCUT2D eigenvalue weighted by atomic mass is 16.6. The lowest BCUT2D eigenvalue weighted by atomic mass is 10.2. The van der Waals surface area contributed by atoms with Crippen molar-refractivity contribution >= 4 is 5.82 Å². The molecule has 8 nitrogen and oxygen atoms in total. The van der Waals surface area contributed by atoms with Gasteiger partial charge in [-0.25, -0.2) is 4.63 Å². The van der Waals surface area contributed by atoms with Gasteiger partial charge in [0.05, 0.1) is 0 Å². The Morgan fingerprint density at radius 1 is 1.22 bits per heavy atom. The fourth-order valence-electron chi connectivity index (χ4n) is 1.43. The number of nitrogens with zero attached hydrogens (tertiary/aromatic N) is 5. The largest absolute Gasteiger partial charge is 0.379 e. The van der Waals surface area contributed by atoms with E-state index in [2.05, 4.69) is 30.1 Å². The van der Waals surface area contributed by atoms with Crippen molar-refractivity contribution < 1.29 is 9.15 Å². The summed E-state index contributed by atoms with van der Waals surface area (Å²) in [6.45, 7) is 1.95. The van der Waals surface area contributed by atoms with Gasteiger partial charge >= 0.3 is 0 Å². The first kappa shape index (κ1) is 10.4. The quantitative estimate of drug-likeness (QED) is 0.711. The van der Waals surface area contributed by atoms with Crippen LogP contribution in [0.3, 0.4) is 0 Å². The summed E-state index contributed by atoms with van der Waals surface area (Å²) in [6.07, 6.45) is 1.67. The van der Waals surface area contributed by atoms with Crippen LogP contribution in [-0.4, -0.2) is 25.4 Å². The van der Waals surface area contributed by atoms with Gasteiger partial charge in [0.1, 0.15) is 5.69 Å². The molecule has 0 aliphatic heterocycles. The molecule has 3 heterocycles. The summed E-state index contributed by atoms with van der Waals surface area (Å²) < 4.78 is 9.51. The number of nitrogens with two attached hydrogens (primary N) is 1. The third kappa shape index (κ3) is 1.69. The van der Waals surface area contributed by atoms with E-state index in [1.54, 1.807) is 6.20 Å². The Morgan fingerprint density at radius 2 is 2.11 bits per heavy atom. The highest BCUT2D eigenvalue weighted by molar-refractivity contribution is 5.62. The summed E-state index contributed by atoms with van der Waals surface area (Å²) in [7, 11) is 0. The van der Waals surface area contributed by atoms with Crippen molar-refractivity contribution in [2.75, 3.05) is 5.73 Å². The van der Waals surface area contributed by atoms with Crippen LogP contribution in [0.2, 0.25) is 0 Å². The first-order valence-electron chi connectivity index (χ1n) is 5.09. The molecule has 90 valence electrons. The highest BCUT2D eigenvalue weighted by Gasteiger charge is 2.18. The fraction of sp³-hybridized carbons (Fsp3) is 0.100. The summed E-state index contributed by atoms with van der Waals surface area (Å²) in [5, 5.41) is 10.8. The van der Waals surface area contributed by atoms with E-state index in [9.17, 15) is 0 Å². The molecule has 0 saturated heterocycles. The fourth-order valence-corrected chi connectivity index (χ4v) is 1.43. The number of nitrogen functional groups attached to an aromatic ring is 1. The Labute approximate surface area is 101 Å². The van der Waals surface area contributed by atoms with E-state index >= 15 is 0 Å². The molecule has 0 aliphatic rings. The monoisotopic (exact) mass is 244 g/mol. The number of hydrogen-bond donors (Lipinski definition) is 1. The second-order valence-electron chi connectivity index (χ2n) is 3.64. The molecule has 18 heavy (non-hydrogen) atoms. The predicted molar refractivity (Wildman–Crippen MR) is 60.0 cm³/mol. The number of pyridine rings is 1. The minimum absolute atomic E-state index is 0.0994. The number of anilines is 1. The molecule has 0 bridgehead atoms. The molecule has 2 N–H and O–H groups in total. The highest BCUT2D eigenvalue weighted by Crippen LogP contribution is 2.22. The average Bonchev–Trinajstić information content (AvgIpc) is 2.97. The van der Waals surface area contributed by atoms with Crippen LogP contribution in [0.5, 0.6) is 0 Å². The number of rotatable bonds is 2. The SMILES string of the molecule is Cc1ccnc(-c2noc(-c3nonc3N)n2)c1. The Hall–Kier alpha value is -2.77. The van der Waals surface area contributed by atoms with Gasteiger partial charge in [0.25, 0.3) is 5.89 Å². The molecule has 8 heteroatoms. The van der Waals surface area contributed by atoms with E-state index in [1.807, 2.05) is 19.1 Å². The van der Waals surface area contributed by atoms with Crippen LogP contribution in [0.4, 0.5) is 5.82 Å². The smallest absolute Gasteiger partial charge is 0.284 e. The molecule has 0 atom stereocenters. The van der Waals surface area contributed by atoms with E-state index in [0.29, 0.717) is 11.5 Å². The normalized spacial score (nSPS) is 10.7. The second kappa shape index (κ2) is 3.91. The Kier molecular flexibility index (Phi) is 2.26. The first-order valence-corrected chi connectivity index (χ1v) is 5.09. The van der Waals surface area contributed by atoms with Gasteiger partial charge in [-0.1, -0.05) is 5.16 Å². The third-order valence-electron chi connectivity index (χ3n) is 2.29. The van der Waals surface area contributed by atoms with E-state index in [0.717, 1.165) is 5.56 Å². The van der Waals surface area contributed by atoms with Gasteiger partial charge in [-0.2, -0.15) is 4.98 Å². The topological polar surface area (TPSA) is 117 Å². The Balaban J connectivity index is 2.02. The number of hydrogen-bond acceptors (Lipinski definition) is 8. The van der Waals surface area contributed by atoms with Gasteiger partial charge in [-0.05, 0) is 34.9 Å². The molecule has 3 aromatic heterocycles. The van der Waals surface area contributed by atoms with Crippen molar-refractivity contribution in [3.8, 4) is 23.1 Å². The van der Waals surface area contributed by atoms with Crippen LogP contribution < -0.4 is 5.73 Å². The molecular weight excluding hydrogens is 236 g/mol. The van der Waals surface area contributed by atoms with Gasteiger partial charge in [0.2, 0.25) is 17.3 Å². The van der Waals surface area contributed by atoms with Crippen molar-refractivity contribution in [2.45, 2.75) is 6.92 Å². The molecule has 0 aliphatic carbocycles. The average molecular weight is 244 g/mol. The van der Waals surface area contributed by atoms with Crippen molar-refractivity contribution in [3.05, 3.63) is 23.9 Å². The number of aryl methyl sites for hydroxylation is 1. The van der Waals surface area contributed by atoms with Crippen LogP contribution in [0, 0.1) is 6.92 Å². The van der Waals surface area contributed by atoms with Gasteiger partial charge in [-0.3, -0.25) is 4.98 Å². The molecular formula is C10H8N6O2. The van der Waals surface area contributed by atoms with E-state index in [1.165, 1.54) is 0 Å². The molecule has 3 aromatic rings. The molecule has 3 rings (SSSR count). The van der Waals surface area contributed by atoms with Gasteiger partial charge < -0.3 is 10.3 Å². The maximum atomic E-state index is 5.53. The van der Waals surface area contributed by atoms with Crippen LogP contribution in [0.25, 0.3) is 23.1 Å². The molecule has 0 amide bonds. The van der Waals surface area contributed by atoms with Gasteiger partial charge in [-0.15, -0.1) is 0 Å². The van der Waals surface area contributed by atoms with Crippen molar-refractivity contribution in [2.24, 2.45) is 0 Å². The second-order valence-corrected chi connectivity index (χ2v) is 3.64. The van der Waals surface area contributed by atoms with Crippen molar-refractivity contribution in [1.82, 2.24) is 25.4 Å². The van der Waals surface area contributed by atoms with Crippen LogP contribution in [0.15, 0.2) is 27.5 Å². The van der Waals surface area contributed by atoms with Gasteiger partial charge in [0, 0.05) is 6.20 Å². The predicted octanol–water partition coefficient (Wildman–Crippen LogP) is 1.07. The lowest BCUT2D eigenvalue weighted by molar-refractivity contribution is 0.308. The summed E-state index contributed by atoms with van der Waals surface area (Å²) in [4.78, 5) is 8.29. The van der Waals surface area contributed by atoms with Crippen LogP contribution in [0.1, 0.15) is 5.56 Å². The summed E-state index contributed by atoms with van der Waals surface area (Å²) in [6, 6.07) is 3.73. The molecule has 0 saturated carbocycles. The van der Waals surface area contributed by atoms with Crippen molar-refractivity contribution in [1.29, 1.82) is 0 Å². The molecule has 0 spiro atoms. The molecule has 0 aromatic carbocycles. The van der Waals surface area contributed by atoms with Gasteiger partial charge in [0.15, 0.2) is 0 Å². The van der Waals surface area contributed by atoms with Crippen LogP contribution >= 0.6 is 0 Å². The lowest BCUT2D eigenvalue weighted by Gasteiger charge is -1.93. The molecule has 0 unspecified atom stereocenters. The standard InChI is InChI=1S/C10H8N6O2/c1-5-2-3-12-6(4-5)9-13-10(17-16-9)7-8(11)15-18-14-7/h2-4H,1H3,(H2,11,15). The third-order valence-corrected chi connectivity index (χ3v) is 2.29. The van der Waals surface area contributed by atoms with E-state index < -0.39 is 0 Å². The molecule has 0 fully saturated rings. The van der Waals surface area contributed by atoms with E-state index in [4.69, 9.17) is 10.3 Å². The van der Waals surface area contributed by atoms with E-state index in [-0.39, 0.29) is 17.4 Å². The Bertz CT molecular complexity index is 689. The maximum absolute atomic E-state index is 5.53. The van der Waals surface area contributed by atoms with Crippen molar-refractivity contribution in [3.63, 3.8) is 0 Å². The summed E-state index contributed by atoms with van der Waals surface area (Å²) in [5.74, 6) is 0.602. The minimum atomic E-state index is 0.0994. The zero-order valence-electron chi connectivity index (χ0n) is 9.36. The van der Waals surface area contributed by atoms with Crippen LogP contribution in [-0.2, 0) is 0 Å². The lowest BCUT2D eigenvalue weighted by Crippen LogP contribution is -1.89. The minimum Gasteiger partial charge on any atom is -0.379 e. The molecule has 0 radical (unpaired) electrons. The zero-order valence-corrected chi connectivity index (χ0v) is 9.36. The number of aromatic nitrogens is 5. The summed E-state index contributed by atoms with van der Waals surface area (Å²) >= 11 is 0. The first-order chi connectivity index (χ1) is 8.74. The maximum Gasteiger partial charge on any atom is 0.284 e. The zero-order chi connectivity index (χ0) is 12.5.